The van der Waals surface area contributed by atoms with Crippen molar-refractivity contribution in [2.24, 2.45) is 0 Å². The van der Waals surface area contributed by atoms with Crippen LogP contribution in [0.5, 0.6) is 0 Å². The van der Waals surface area contributed by atoms with E-state index >= 15 is 0 Å². The summed E-state index contributed by atoms with van der Waals surface area (Å²) in [5, 5.41) is 14.9. The predicted octanol–water partition coefficient (Wildman–Crippen LogP) is 4.02. The average Bonchev–Trinajstić information content (AvgIpc) is 2.58. The molecule has 1 aromatic carbocycles. The molecule has 0 spiro atoms. The van der Waals surface area contributed by atoms with Gasteiger partial charge >= 0.3 is 0 Å². The SMILES string of the molecule is Cc1cc(C)c(Nc2ccccc2[N+](=O)[O-])s1. The second-order valence-corrected chi connectivity index (χ2v) is 5.02. The van der Waals surface area contributed by atoms with E-state index in [0.717, 1.165) is 10.6 Å². The highest BCUT2D eigenvalue weighted by molar-refractivity contribution is 7.16. The predicted molar refractivity (Wildman–Crippen MR) is 70.2 cm³/mol. The topological polar surface area (TPSA) is 55.2 Å². The van der Waals surface area contributed by atoms with Crippen LogP contribution in [0, 0.1) is 24.0 Å². The molecule has 5 heteroatoms. The Morgan fingerprint density at radius 2 is 2.00 bits per heavy atom. The molecule has 2 rings (SSSR count). The minimum atomic E-state index is -0.377. The summed E-state index contributed by atoms with van der Waals surface area (Å²) in [6.45, 7) is 4.00. The Balaban J connectivity index is 2.36. The maximum Gasteiger partial charge on any atom is 0.292 e. The maximum atomic E-state index is 10.9. The molecule has 4 nitrogen and oxygen atoms in total. The number of anilines is 2. The van der Waals surface area contributed by atoms with E-state index in [1.54, 1.807) is 29.5 Å². The van der Waals surface area contributed by atoms with Crippen molar-refractivity contribution in [3.05, 3.63) is 50.9 Å². The fourth-order valence-electron chi connectivity index (χ4n) is 1.63. The number of nitro groups is 1. The smallest absolute Gasteiger partial charge is 0.292 e. The van der Waals surface area contributed by atoms with Gasteiger partial charge in [0.2, 0.25) is 0 Å². The van der Waals surface area contributed by atoms with Crippen molar-refractivity contribution in [2.45, 2.75) is 13.8 Å². The fraction of sp³-hybridized carbons (Fsp3) is 0.167. The van der Waals surface area contributed by atoms with Crippen LogP contribution in [0.1, 0.15) is 10.4 Å². The molecule has 0 saturated carbocycles. The molecule has 0 unspecified atom stereocenters. The normalized spacial score (nSPS) is 10.2. The van der Waals surface area contributed by atoms with E-state index in [2.05, 4.69) is 11.4 Å². The molecule has 0 aliphatic rings. The number of para-hydroxylation sites is 2. The number of nitrogens with one attached hydrogen (secondary N) is 1. The van der Waals surface area contributed by atoms with Gasteiger partial charge in [0.25, 0.3) is 5.69 Å². The van der Waals surface area contributed by atoms with E-state index in [0.29, 0.717) is 5.69 Å². The lowest BCUT2D eigenvalue weighted by atomic mass is 10.2. The number of aryl methyl sites for hydroxylation is 2. The zero-order valence-electron chi connectivity index (χ0n) is 9.56. The Labute approximate surface area is 103 Å². The van der Waals surface area contributed by atoms with Crippen LogP contribution in [0.3, 0.4) is 0 Å². The minimum absolute atomic E-state index is 0.0953. The van der Waals surface area contributed by atoms with Crippen molar-refractivity contribution in [1.82, 2.24) is 0 Å². The van der Waals surface area contributed by atoms with Crippen molar-refractivity contribution >= 4 is 27.7 Å². The van der Waals surface area contributed by atoms with Gasteiger partial charge in [0.1, 0.15) is 5.69 Å². The molecule has 0 aliphatic carbocycles. The molecule has 0 fully saturated rings. The highest BCUT2D eigenvalue weighted by Gasteiger charge is 2.13. The summed E-state index contributed by atoms with van der Waals surface area (Å²) >= 11 is 1.60. The maximum absolute atomic E-state index is 10.9. The van der Waals surface area contributed by atoms with Gasteiger partial charge in [-0.05, 0) is 31.5 Å². The van der Waals surface area contributed by atoms with Crippen molar-refractivity contribution in [1.29, 1.82) is 0 Å². The third-order valence-corrected chi connectivity index (χ3v) is 3.46. The van der Waals surface area contributed by atoms with E-state index in [1.165, 1.54) is 10.9 Å². The van der Waals surface area contributed by atoms with Crippen molar-refractivity contribution < 1.29 is 4.92 Å². The molecule has 1 heterocycles. The number of hydrogen-bond donors (Lipinski definition) is 1. The largest absolute Gasteiger partial charge is 0.341 e. The Bertz CT molecular complexity index is 563. The summed E-state index contributed by atoms with van der Waals surface area (Å²) < 4.78 is 0. The molecule has 2 aromatic rings. The van der Waals surface area contributed by atoms with E-state index in [4.69, 9.17) is 0 Å². The van der Waals surface area contributed by atoms with Gasteiger partial charge in [-0.3, -0.25) is 10.1 Å². The number of thiophene rings is 1. The fourth-order valence-corrected chi connectivity index (χ4v) is 2.56. The highest BCUT2D eigenvalue weighted by atomic mass is 32.1. The van der Waals surface area contributed by atoms with Crippen LogP contribution in [0.4, 0.5) is 16.4 Å². The molecule has 88 valence electrons. The van der Waals surface area contributed by atoms with Crippen LogP contribution < -0.4 is 5.32 Å². The zero-order chi connectivity index (χ0) is 12.4. The lowest BCUT2D eigenvalue weighted by Gasteiger charge is -2.05. The van der Waals surface area contributed by atoms with Crippen LogP contribution in [0.15, 0.2) is 30.3 Å². The molecule has 1 N–H and O–H groups in total. The van der Waals surface area contributed by atoms with E-state index in [1.807, 2.05) is 13.8 Å². The van der Waals surface area contributed by atoms with Gasteiger partial charge in [0.15, 0.2) is 0 Å². The van der Waals surface area contributed by atoms with Gasteiger partial charge in [-0.1, -0.05) is 12.1 Å². The molecule has 0 amide bonds. The standard InChI is InChI=1S/C12H12N2O2S/c1-8-7-9(2)17-12(8)13-10-5-3-4-6-11(10)14(15)16/h3-7,13H,1-2H3. The number of benzene rings is 1. The highest BCUT2D eigenvalue weighted by Crippen LogP contribution is 2.33. The van der Waals surface area contributed by atoms with E-state index in [-0.39, 0.29) is 10.6 Å². The first-order chi connectivity index (χ1) is 8.08. The number of nitrogens with zero attached hydrogens (tertiary/aromatic N) is 1. The third-order valence-electron chi connectivity index (χ3n) is 2.39. The summed E-state index contributed by atoms with van der Waals surface area (Å²) in [6.07, 6.45) is 0. The van der Waals surface area contributed by atoms with Gasteiger partial charge in [0.05, 0.1) is 9.92 Å². The summed E-state index contributed by atoms with van der Waals surface area (Å²) in [6, 6.07) is 8.72. The molecule has 0 aliphatic heterocycles. The second kappa shape index (κ2) is 4.55. The first-order valence-electron chi connectivity index (χ1n) is 5.15. The Morgan fingerprint density at radius 3 is 2.59 bits per heavy atom. The molecular formula is C12H12N2O2S. The third kappa shape index (κ3) is 2.45. The van der Waals surface area contributed by atoms with Crippen molar-refractivity contribution in [3.8, 4) is 0 Å². The quantitative estimate of drug-likeness (QED) is 0.659. The molecule has 1 aromatic heterocycles. The van der Waals surface area contributed by atoms with Gasteiger partial charge in [-0.15, -0.1) is 11.3 Å². The summed E-state index contributed by atoms with van der Waals surface area (Å²) in [5.41, 5.74) is 1.73. The Morgan fingerprint density at radius 1 is 1.29 bits per heavy atom. The molecule has 0 radical (unpaired) electrons. The molecular weight excluding hydrogens is 236 g/mol. The molecule has 0 atom stereocenters. The zero-order valence-corrected chi connectivity index (χ0v) is 10.4. The average molecular weight is 248 g/mol. The molecule has 0 bridgehead atoms. The molecule has 17 heavy (non-hydrogen) atoms. The lowest BCUT2D eigenvalue weighted by molar-refractivity contribution is -0.383. The summed E-state index contributed by atoms with van der Waals surface area (Å²) in [7, 11) is 0. The van der Waals surface area contributed by atoms with Gasteiger partial charge in [0, 0.05) is 10.9 Å². The number of hydrogen-bond acceptors (Lipinski definition) is 4. The van der Waals surface area contributed by atoms with Gasteiger partial charge in [-0.2, -0.15) is 0 Å². The number of rotatable bonds is 3. The van der Waals surface area contributed by atoms with E-state index < -0.39 is 0 Å². The lowest BCUT2D eigenvalue weighted by Crippen LogP contribution is -1.95. The van der Waals surface area contributed by atoms with Crippen LogP contribution in [-0.2, 0) is 0 Å². The van der Waals surface area contributed by atoms with Gasteiger partial charge in [-0.25, -0.2) is 0 Å². The van der Waals surface area contributed by atoms with Gasteiger partial charge < -0.3 is 5.32 Å². The summed E-state index contributed by atoms with van der Waals surface area (Å²) in [4.78, 5) is 11.7. The second-order valence-electron chi connectivity index (χ2n) is 3.77. The number of nitro benzene ring substituents is 1. The molecule has 0 saturated heterocycles. The van der Waals surface area contributed by atoms with Crippen molar-refractivity contribution in [3.63, 3.8) is 0 Å². The van der Waals surface area contributed by atoms with Crippen molar-refractivity contribution in [2.75, 3.05) is 5.32 Å². The van der Waals surface area contributed by atoms with Crippen LogP contribution in [0.25, 0.3) is 0 Å². The Hall–Kier alpha value is -1.88. The Kier molecular flexibility index (Phi) is 3.10. The minimum Gasteiger partial charge on any atom is -0.341 e. The van der Waals surface area contributed by atoms with Crippen LogP contribution in [-0.4, -0.2) is 4.92 Å². The summed E-state index contributed by atoms with van der Waals surface area (Å²) in [5.74, 6) is 0. The van der Waals surface area contributed by atoms with Crippen LogP contribution in [0.2, 0.25) is 0 Å². The van der Waals surface area contributed by atoms with Crippen LogP contribution >= 0.6 is 11.3 Å². The monoisotopic (exact) mass is 248 g/mol. The van der Waals surface area contributed by atoms with E-state index in [9.17, 15) is 10.1 Å². The first-order valence-corrected chi connectivity index (χ1v) is 5.97. The first kappa shape index (κ1) is 11.6.